The van der Waals surface area contributed by atoms with Gasteiger partial charge < -0.3 is 0 Å². The van der Waals surface area contributed by atoms with Gasteiger partial charge in [-0.15, -0.1) is 0 Å². The molecule has 2 rings (SSSR count). The van der Waals surface area contributed by atoms with E-state index in [-0.39, 0.29) is 5.91 Å². The number of carbonyl (C=O) groups is 2. The highest BCUT2D eigenvalue weighted by atomic mass is 35.5. The number of hydrogen-bond donors (Lipinski definition) is 1. The first-order valence-corrected chi connectivity index (χ1v) is 7.32. The summed E-state index contributed by atoms with van der Waals surface area (Å²) in [6, 6.07) is 5.33. The molecule has 0 spiro atoms. The zero-order chi connectivity index (χ0) is 14.7. The fourth-order valence-corrected chi connectivity index (χ4v) is 2.92. The van der Waals surface area contributed by atoms with Crippen molar-refractivity contribution in [3.05, 3.63) is 23.2 Å². The minimum Gasteiger partial charge on any atom is -0.292 e. The topological polar surface area (TPSA) is 49.4 Å². The highest BCUT2D eigenvalue weighted by Crippen LogP contribution is 2.26. The number of carbonyl (C=O) groups excluding carboxylic acids is 2. The summed E-state index contributed by atoms with van der Waals surface area (Å²) in [6.07, 6.45) is 2.44. The number of nitrogens with zero attached hydrogens (tertiary/aromatic N) is 1. The van der Waals surface area contributed by atoms with Gasteiger partial charge in [-0.25, -0.2) is 4.79 Å². The average Bonchev–Trinajstić information content (AvgIpc) is 2.40. The number of halogens is 1. The van der Waals surface area contributed by atoms with Crippen molar-refractivity contribution in [2.75, 3.05) is 11.4 Å². The molecule has 0 atom stereocenters. The predicted molar refractivity (Wildman–Crippen MR) is 83.3 cm³/mol. The first kappa shape index (κ1) is 14.9. The molecule has 1 aliphatic heterocycles. The molecule has 1 fully saturated rings. The summed E-state index contributed by atoms with van der Waals surface area (Å²) in [5.74, 6) is -0.238. The van der Waals surface area contributed by atoms with Crippen molar-refractivity contribution in [3.8, 4) is 0 Å². The van der Waals surface area contributed by atoms with E-state index in [0.29, 0.717) is 30.4 Å². The molecule has 106 valence electrons. The number of rotatable bonds is 4. The maximum atomic E-state index is 11.9. The first-order chi connectivity index (χ1) is 9.54. The quantitative estimate of drug-likeness (QED) is 0.867. The van der Waals surface area contributed by atoms with E-state index in [9.17, 15) is 9.59 Å². The van der Waals surface area contributed by atoms with E-state index in [2.05, 4.69) is 19.1 Å². The van der Waals surface area contributed by atoms with Gasteiger partial charge in [0.05, 0.1) is 10.7 Å². The van der Waals surface area contributed by atoms with Crippen molar-refractivity contribution >= 4 is 41.4 Å². The fraction of sp³-hybridized carbons (Fsp3) is 0.429. The minimum absolute atomic E-state index is 0.238. The Balaban J connectivity index is 2.31. The van der Waals surface area contributed by atoms with Crippen LogP contribution in [-0.2, 0) is 4.79 Å². The molecule has 0 unspecified atom stereocenters. The monoisotopic (exact) mass is 292 g/mol. The molecule has 0 radical (unpaired) electrons. The smallest absolute Gasteiger partial charge is 0.292 e. The second-order valence-corrected chi connectivity index (χ2v) is 5.50. The lowest BCUT2D eigenvalue weighted by Crippen LogP contribution is -2.50. The summed E-state index contributed by atoms with van der Waals surface area (Å²) >= 11 is 6.47. The Morgan fingerprint density at radius 1 is 1.40 bits per heavy atom. The van der Waals surface area contributed by atoms with Gasteiger partial charge in [0.15, 0.2) is 6.71 Å². The summed E-state index contributed by atoms with van der Waals surface area (Å²) in [5.41, 5.74) is 1.73. The van der Waals surface area contributed by atoms with Crippen molar-refractivity contribution in [2.45, 2.75) is 32.9 Å². The zero-order valence-corrected chi connectivity index (χ0v) is 12.5. The second-order valence-electron chi connectivity index (χ2n) is 5.13. The van der Waals surface area contributed by atoms with Crippen molar-refractivity contribution in [2.24, 2.45) is 0 Å². The Hall–Kier alpha value is -1.49. The highest BCUT2D eigenvalue weighted by Gasteiger charge is 2.27. The van der Waals surface area contributed by atoms with Crippen LogP contribution in [0, 0.1) is 0 Å². The van der Waals surface area contributed by atoms with E-state index in [0.717, 1.165) is 18.2 Å². The summed E-state index contributed by atoms with van der Waals surface area (Å²) < 4.78 is 0. The lowest BCUT2D eigenvalue weighted by molar-refractivity contribution is -0.120. The Kier molecular flexibility index (Phi) is 4.71. The van der Waals surface area contributed by atoms with Gasteiger partial charge >= 0.3 is 6.03 Å². The molecule has 1 aliphatic rings. The van der Waals surface area contributed by atoms with E-state index in [1.165, 1.54) is 4.90 Å². The summed E-state index contributed by atoms with van der Waals surface area (Å²) in [5, 5.41) is 2.93. The third kappa shape index (κ3) is 2.98. The predicted octanol–water partition coefficient (Wildman–Crippen LogP) is 2.53. The van der Waals surface area contributed by atoms with Crippen LogP contribution in [0.25, 0.3) is 0 Å². The maximum Gasteiger partial charge on any atom is 0.328 e. The number of urea groups is 1. The molecule has 1 N–H and O–H groups in total. The molecular formula is C14H18BClN2O2. The Labute approximate surface area is 124 Å². The van der Waals surface area contributed by atoms with Crippen LogP contribution >= 0.6 is 11.6 Å². The molecule has 1 saturated heterocycles. The van der Waals surface area contributed by atoms with Crippen molar-refractivity contribution < 1.29 is 9.59 Å². The molecule has 0 bridgehead atoms. The number of benzene rings is 1. The van der Waals surface area contributed by atoms with Crippen LogP contribution in [-0.4, -0.2) is 25.2 Å². The third-order valence-electron chi connectivity index (χ3n) is 3.61. The van der Waals surface area contributed by atoms with Gasteiger partial charge in [-0.3, -0.25) is 15.0 Å². The molecule has 0 aliphatic carbocycles. The van der Waals surface area contributed by atoms with E-state index in [1.54, 1.807) is 0 Å². The van der Waals surface area contributed by atoms with Crippen LogP contribution in [0.3, 0.4) is 0 Å². The van der Waals surface area contributed by atoms with Gasteiger partial charge in [-0.05, 0) is 6.07 Å². The molecule has 20 heavy (non-hydrogen) atoms. The van der Waals surface area contributed by atoms with Crippen LogP contribution < -0.4 is 15.7 Å². The summed E-state index contributed by atoms with van der Waals surface area (Å²) in [4.78, 5) is 24.6. The van der Waals surface area contributed by atoms with Crippen LogP contribution in [0.1, 0.15) is 19.8 Å². The van der Waals surface area contributed by atoms with Crippen LogP contribution in [0.4, 0.5) is 10.5 Å². The lowest BCUT2D eigenvalue weighted by atomic mass is 9.44. The SMILES string of the molecule is CCCB(C)c1cccc(N2CCC(=O)NC2=O)c1Cl. The second kappa shape index (κ2) is 6.31. The van der Waals surface area contributed by atoms with E-state index >= 15 is 0 Å². The molecule has 1 aromatic carbocycles. The highest BCUT2D eigenvalue weighted by molar-refractivity contribution is 6.74. The van der Waals surface area contributed by atoms with Gasteiger partial charge in [0.2, 0.25) is 5.91 Å². The third-order valence-corrected chi connectivity index (χ3v) is 4.02. The minimum atomic E-state index is -0.400. The standard InChI is InChI=1S/C14H18BClN2O2/c1-3-8-15(2)10-5-4-6-11(13(10)16)18-9-7-12(19)17-14(18)20/h4-6H,3,7-9H2,1-2H3,(H,17,19,20). The maximum absolute atomic E-state index is 11.9. The molecule has 3 amide bonds. The summed E-state index contributed by atoms with van der Waals surface area (Å²) in [7, 11) is 0. The number of anilines is 1. The molecule has 6 heteroatoms. The fourth-order valence-electron chi connectivity index (χ4n) is 2.51. The van der Waals surface area contributed by atoms with E-state index < -0.39 is 6.03 Å². The number of imide groups is 1. The number of hydrogen-bond acceptors (Lipinski definition) is 2. The van der Waals surface area contributed by atoms with Gasteiger partial charge in [0, 0.05) is 13.0 Å². The van der Waals surface area contributed by atoms with E-state index in [4.69, 9.17) is 11.6 Å². The molecule has 1 aromatic rings. The molecule has 0 saturated carbocycles. The Morgan fingerprint density at radius 2 is 2.15 bits per heavy atom. The Morgan fingerprint density at radius 3 is 2.80 bits per heavy atom. The normalized spacial score (nSPS) is 15.2. The van der Waals surface area contributed by atoms with Crippen molar-refractivity contribution in [1.29, 1.82) is 0 Å². The summed E-state index contributed by atoms with van der Waals surface area (Å²) in [6.45, 7) is 4.99. The van der Waals surface area contributed by atoms with Crippen LogP contribution in [0.2, 0.25) is 18.2 Å². The van der Waals surface area contributed by atoms with Gasteiger partial charge in [-0.1, -0.05) is 55.7 Å². The molecule has 1 heterocycles. The van der Waals surface area contributed by atoms with Crippen LogP contribution in [0.5, 0.6) is 0 Å². The number of nitrogens with one attached hydrogen (secondary N) is 1. The number of amides is 3. The van der Waals surface area contributed by atoms with Gasteiger partial charge in [0.1, 0.15) is 0 Å². The Bertz CT molecular complexity index is 536. The average molecular weight is 293 g/mol. The molecule has 0 aromatic heterocycles. The van der Waals surface area contributed by atoms with E-state index in [1.807, 2.05) is 18.2 Å². The molecule has 4 nitrogen and oxygen atoms in total. The largest absolute Gasteiger partial charge is 0.328 e. The van der Waals surface area contributed by atoms with Crippen LogP contribution in [0.15, 0.2) is 18.2 Å². The first-order valence-electron chi connectivity index (χ1n) is 6.94. The van der Waals surface area contributed by atoms with Crippen molar-refractivity contribution in [1.82, 2.24) is 5.32 Å². The van der Waals surface area contributed by atoms with Gasteiger partial charge in [-0.2, -0.15) is 0 Å². The van der Waals surface area contributed by atoms with Gasteiger partial charge in [0.25, 0.3) is 0 Å². The van der Waals surface area contributed by atoms with Crippen molar-refractivity contribution in [3.63, 3.8) is 0 Å². The molecular weight excluding hydrogens is 274 g/mol. The zero-order valence-electron chi connectivity index (χ0n) is 11.8. The lowest BCUT2D eigenvalue weighted by Gasteiger charge is -2.28.